The second-order valence-corrected chi connectivity index (χ2v) is 7.59. The zero-order valence-electron chi connectivity index (χ0n) is 16.9. The van der Waals surface area contributed by atoms with Crippen molar-refractivity contribution in [3.05, 3.63) is 66.7 Å². The van der Waals surface area contributed by atoms with Gasteiger partial charge in [-0.05, 0) is 25.0 Å². The number of ether oxygens (including phenoxy) is 1. The minimum Gasteiger partial charge on any atom is -0.493 e. The van der Waals surface area contributed by atoms with Crippen LogP contribution in [0.25, 0.3) is 32.9 Å². The molecule has 0 aliphatic heterocycles. The van der Waals surface area contributed by atoms with E-state index in [1.165, 1.54) is 35.6 Å². The third-order valence-corrected chi connectivity index (χ3v) is 5.53. The normalized spacial score (nSPS) is 11.3. The molecule has 0 bridgehead atoms. The predicted octanol–water partition coefficient (Wildman–Crippen LogP) is 6.70. The number of nitrogens with one attached hydrogen (secondary N) is 1. The number of hydrogen-bond donors (Lipinski definition) is 2. The number of H-pyrrole nitrogens is 1. The van der Waals surface area contributed by atoms with Crippen LogP contribution in [0.15, 0.2) is 66.7 Å². The van der Waals surface area contributed by atoms with E-state index in [-0.39, 0.29) is 0 Å². The van der Waals surface area contributed by atoms with E-state index < -0.39 is 0 Å². The summed E-state index contributed by atoms with van der Waals surface area (Å²) in [6.07, 6.45) is 6.67. The maximum Gasteiger partial charge on any atom is 0.127 e. The zero-order valence-corrected chi connectivity index (χ0v) is 16.9. The smallest absolute Gasteiger partial charge is 0.127 e. The Morgan fingerprint density at radius 2 is 1.34 bits per heavy atom. The minimum absolute atomic E-state index is 0.309. The summed E-state index contributed by atoms with van der Waals surface area (Å²) in [6.45, 7) is 1.04. The molecule has 3 nitrogen and oxygen atoms in total. The second kappa shape index (κ2) is 9.62. The van der Waals surface area contributed by atoms with Gasteiger partial charge in [-0.2, -0.15) is 0 Å². The zero-order chi connectivity index (χ0) is 19.9. The van der Waals surface area contributed by atoms with Gasteiger partial charge in [-0.25, -0.2) is 0 Å². The van der Waals surface area contributed by atoms with E-state index in [9.17, 15) is 0 Å². The molecule has 0 fully saturated rings. The molecule has 3 aromatic carbocycles. The summed E-state index contributed by atoms with van der Waals surface area (Å²) < 4.78 is 6.19. The molecular weight excluding hydrogens is 358 g/mol. The standard InChI is InChI=1S/C26H29NO2/c28-18-9-3-1-2-4-10-19-29-25-17-8-6-13-21(25)23-15-11-14-22-20-12-5-7-16-24(20)27-26(22)23/h5-8,11-17,27-28H,1-4,9-10,18-19H2. The lowest BCUT2D eigenvalue weighted by Crippen LogP contribution is -1.99. The van der Waals surface area contributed by atoms with E-state index in [2.05, 4.69) is 65.6 Å². The first kappa shape index (κ1) is 19.5. The SMILES string of the molecule is OCCCCCCCCOc1ccccc1-c1cccc2c1[nH]c1ccccc12. The molecule has 0 radical (unpaired) electrons. The number of aliphatic hydroxyl groups excluding tert-OH is 1. The fraction of sp³-hybridized carbons (Fsp3) is 0.308. The molecule has 4 rings (SSSR count). The Balaban J connectivity index is 1.50. The Morgan fingerprint density at radius 3 is 2.24 bits per heavy atom. The van der Waals surface area contributed by atoms with Gasteiger partial charge in [-0.1, -0.05) is 80.3 Å². The Labute approximate surface area is 172 Å². The molecule has 0 saturated carbocycles. The quantitative estimate of drug-likeness (QED) is 0.297. The molecule has 0 atom stereocenters. The Bertz CT molecular complexity index is 1070. The second-order valence-electron chi connectivity index (χ2n) is 7.59. The number of para-hydroxylation sites is 3. The fourth-order valence-corrected chi connectivity index (χ4v) is 4.02. The van der Waals surface area contributed by atoms with E-state index >= 15 is 0 Å². The van der Waals surface area contributed by atoms with E-state index in [4.69, 9.17) is 9.84 Å². The van der Waals surface area contributed by atoms with Crippen molar-refractivity contribution in [3.63, 3.8) is 0 Å². The summed E-state index contributed by atoms with van der Waals surface area (Å²) in [4.78, 5) is 3.60. The average molecular weight is 388 g/mol. The van der Waals surface area contributed by atoms with E-state index in [0.29, 0.717) is 6.61 Å². The lowest BCUT2D eigenvalue weighted by Gasteiger charge is -2.12. The molecule has 0 aliphatic carbocycles. The van der Waals surface area contributed by atoms with Crippen LogP contribution in [0.3, 0.4) is 0 Å². The maximum atomic E-state index is 8.84. The summed E-state index contributed by atoms with van der Waals surface area (Å²) in [5, 5.41) is 11.3. The largest absolute Gasteiger partial charge is 0.493 e. The van der Waals surface area contributed by atoms with Crippen LogP contribution in [0.2, 0.25) is 0 Å². The summed E-state index contributed by atoms with van der Waals surface area (Å²) in [6, 6.07) is 23.2. The first-order valence-electron chi connectivity index (χ1n) is 10.7. The van der Waals surface area contributed by atoms with Gasteiger partial charge in [0, 0.05) is 34.0 Å². The molecule has 3 heteroatoms. The Morgan fingerprint density at radius 1 is 0.655 bits per heavy atom. The summed E-state index contributed by atoms with van der Waals surface area (Å²) in [5.41, 5.74) is 4.63. The molecule has 0 amide bonds. The monoisotopic (exact) mass is 387 g/mol. The highest BCUT2D eigenvalue weighted by Gasteiger charge is 2.12. The van der Waals surface area contributed by atoms with Crippen molar-refractivity contribution in [1.29, 1.82) is 0 Å². The number of rotatable bonds is 10. The molecule has 0 saturated heterocycles. The molecule has 0 aliphatic rings. The molecule has 4 aromatic rings. The molecule has 2 N–H and O–H groups in total. The van der Waals surface area contributed by atoms with Crippen LogP contribution in [-0.2, 0) is 0 Å². The van der Waals surface area contributed by atoms with Gasteiger partial charge in [0.1, 0.15) is 5.75 Å². The Hall–Kier alpha value is -2.78. The Kier molecular flexibility index (Phi) is 6.48. The summed E-state index contributed by atoms with van der Waals surface area (Å²) in [5.74, 6) is 0.943. The van der Waals surface area contributed by atoms with Gasteiger partial charge < -0.3 is 14.8 Å². The van der Waals surface area contributed by atoms with Gasteiger partial charge in [-0.15, -0.1) is 0 Å². The van der Waals surface area contributed by atoms with Crippen LogP contribution >= 0.6 is 0 Å². The first-order chi connectivity index (χ1) is 14.4. The van der Waals surface area contributed by atoms with E-state index in [0.717, 1.165) is 48.2 Å². The third kappa shape index (κ3) is 4.46. The van der Waals surface area contributed by atoms with Crippen LogP contribution in [0, 0.1) is 0 Å². The maximum absolute atomic E-state index is 8.84. The number of aromatic amines is 1. The van der Waals surface area contributed by atoms with Crippen molar-refractivity contribution in [2.75, 3.05) is 13.2 Å². The van der Waals surface area contributed by atoms with Crippen LogP contribution in [0.5, 0.6) is 5.75 Å². The van der Waals surface area contributed by atoms with Crippen molar-refractivity contribution in [2.24, 2.45) is 0 Å². The van der Waals surface area contributed by atoms with E-state index in [1.54, 1.807) is 0 Å². The molecule has 0 spiro atoms. The van der Waals surface area contributed by atoms with Gasteiger partial charge in [0.15, 0.2) is 0 Å². The number of aliphatic hydroxyl groups is 1. The highest BCUT2D eigenvalue weighted by molar-refractivity contribution is 6.12. The predicted molar refractivity (Wildman–Crippen MR) is 122 cm³/mol. The first-order valence-corrected chi connectivity index (χ1v) is 10.7. The number of benzene rings is 3. The molecule has 29 heavy (non-hydrogen) atoms. The number of unbranched alkanes of at least 4 members (excludes halogenated alkanes) is 5. The van der Waals surface area contributed by atoms with Crippen molar-refractivity contribution < 1.29 is 9.84 Å². The average Bonchev–Trinajstić information content (AvgIpc) is 3.15. The van der Waals surface area contributed by atoms with Gasteiger partial charge in [0.05, 0.1) is 12.1 Å². The van der Waals surface area contributed by atoms with Crippen LogP contribution in [-0.4, -0.2) is 23.3 Å². The van der Waals surface area contributed by atoms with Gasteiger partial charge in [0.2, 0.25) is 0 Å². The van der Waals surface area contributed by atoms with Gasteiger partial charge >= 0.3 is 0 Å². The summed E-state index contributed by atoms with van der Waals surface area (Å²) in [7, 11) is 0. The van der Waals surface area contributed by atoms with Crippen molar-refractivity contribution in [2.45, 2.75) is 38.5 Å². The van der Waals surface area contributed by atoms with Crippen LogP contribution in [0.1, 0.15) is 38.5 Å². The fourth-order valence-electron chi connectivity index (χ4n) is 4.02. The highest BCUT2D eigenvalue weighted by Crippen LogP contribution is 2.37. The molecule has 150 valence electrons. The number of hydrogen-bond acceptors (Lipinski definition) is 2. The molecule has 1 aromatic heterocycles. The summed E-state index contributed by atoms with van der Waals surface area (Å²) >= 11 is 0. The third-order valence-electron chi connectivity index (χ3n) is 5.53. The lowest BCUT2D eigenvalue weighted by molar-refractivity contribution is 0.280. The number of aromatic nitrogens is 1. The lowest BCUT2D eigenvalue weighted by atomic mass is 10.0. The van der Waals surface area contributed by atoms with Crippen molar-refractivity contribution in [3.8, 4) is 16.9 Å². The van der Waals surface area contributed by atoms with Crippen molar-refractivity contribution in [1.82, 2.24) is 4.98 Å². The minimum atomic E-state index is 0.309. The van der Waals surface area contributed by atoms with Gasteiger partial charge in [0.25, 0.3) is 0 Å². The van der Waals surface area contributed by atoms with Crippen LogP contribution in [0.4, 0.5) is 0 Å². The van der Waals surface area contributed by atoms with Crippen molar-refractivity contribution >= 4 is 21.8 Å². The highest BCUT2D eigenvalue weighted by atomic mass is 16.5. The number of fused-ring (bicyclic) bond motifs is 3. The van der Waals surface area contributed by atoms with Crippen LogP contribution < -0.4 is 4.74 Å². The van der Waals surface area contributed by atoms with E-state index in [1.807, 2.05) is 6.07 Å². The van der Waals surface area contributed by atoms with Gasteiger partial charge in [-0.3, -0.25) is 0 Å². The molecule has 1 heterocycles. The molecular formula is C26H29NO2. The molecule has 0 unspecified atom stereocenters. The topological polar surface area (TPSA) is 45.2 Å².